The van der Waals surface area contributed by atoms with Gasteiger partial charge in [-0.05, 0) is 44.4 Å². The summed E-state index contributed by atoms with van der Waals surface area (Å²) in [5, 5.41) is 9.68. The molecule has 0 aromatic heterocycles. The highest BCUT2D eigenvalue weighted by Gasteiger charge is 2.25. The molecule has 1 rings (SSSR count). The highest BCUT2D eigenvalue weighted by atomic mass is 19.1. The zero-order valence-corrected chi connectivity index (χ0v) is 8.96. The number of carbonyl (C=O) groups excluding carboxylic acids is 1. The number of rotatable bonds is 4. The van der Waals surface area contributed by atoms with E-state index in [-0.39, 0.29) is 11.6 Å². The Morgan fingerprint density at radius 2 is 1.93 bits per heavy atom. The first-order valence-corrected chi connectivity index (χ1v) is 4.90. The molecule has 82 valence electrons. The van der Waals surface area contributed by atoms with Gasteiger partial charge in [0.2, 0.25) is 0 Å². The van der Waals surface area contributed by atoms with Gasteiger partial charge in [-0.1, -0.05) is 12.1 Å². The van der Waals surface area contributed by atoms with Crippen LogP contribution in [0, 0.1) is 5.82 Å². The molecule has 1 aromatic carbocycles. The second kappa shape index (κ2) is 4.53. The summed E-state index contributed by atoms with van der Waals surface area (Å²) in [5.41, 5.74) is -0.369. The zero-order valence-electron chi connectivity index (χ0n) is 8.96. The van der Waals surface area contributed by atoms with Gasteiger partial charge in [-0.15, -0.1) is 0 Å². The third kappa shape index (κ3) is 3.44. The molecule has 3 heteroatoms. The monoisotopic (exact) mass is 210 g/mol. The van der Waals surface area contributed by atoms with Crippen LogP contribution in [0.5, 0.6) is 0 Å². The number of hydrogen-bond acceptors (Lipinski definition) is 2. The lowest BCUT2D eigenvalue weighted by molar-refractivity contribution is -0.133. The van der Waals surface area contributed by atoms with Gasteiger partial charge in [0.05, 0.1) is 0 Å². The van der Waals surface area contributed by atoms with Gasteiger partial charge >= 0.3 is 0 Å². The highest BCUT2D eigenvalue weighted by Crippen LogP contribution is 2.15. The van der Waals surface area contributed by atoms with Crippen LogP contribution in [0.15, 0.2) is 24.3 Å². The van der Waals surface area contributed by atoms with Gasteiger partial charge in [-0.3, -0.25) is 4.79 Å². The molecule has 1 aromatic rings. The van der Waals surface area contributed by atoms with E-state index < -0.39 is 5.60 Å². The topological polar surface area (TPSA) is 37.3 Å². The van der Waals surface area contributed by atoms with Crippen molar-refractivity contribution in [2.75, 3.05) is 0 Å². The Bertz CT molecular complexity index is 341. The number of ketones is 1. The largest absolute Gasteiger partial charge is 0.382 e. The Balaban J connectivity index is 2.57. The van der Waals surface area contributed by atoms with Crippen LogP contribution < -0.4 is 0 Å². The SMILES string of the molecule is CC(=O)C(C)(O)CCc1ccc(F)cc1. The first-order valence-electron chi connectivity index (χ1n) is 4.90. The molecule has 0 fully saturated rings. The third-order valence-electron chi connectivity index (χ3n) is 2.57. The number of Topliss-reactive ketones (excluding diaryl/α,β-unsaturated/α-hetero) is 1. The van der Waals surface area contributed by atoms with Gasteiger partial charge < -0.3 is 5.11 Å². The van der Waals surface area contributed by atoms with Crippen molar-refractivity contribution in [1.82, 2.24) is 0 Å². The van der Waals surface area contributed by atoms with Crippen LogP contribution >= 0.6 is 0 Å². The molecule has 0 aliphatic rings. The number of hydrogen-bond donors (Lipinski definition) is 1. The van der Waals surface area contributed by atoms with E-state index in [0.717, 1.165) is 5.56 Å². The molecule has 1 N–H and O–H groups in total. The third-order valence-corrected chi connectivity index (χ3v) is 2.57. The standard InChI is InChI=1S/C12H15FO2/c1-9(14)12(2,15)8-7-10-3-5-11(13)6-4-10/h3-6,15H,7-8H2,1-2H3. The maximum Gasteiger partial charge on any atom is 0.160 e. The molecule has 0 spiro atoms. The molecule has 0 saturated carbocycles. The second-order valence-electron chi connectivity index (χ2n) is 3.96. The van der Waals surface area contributed by atoms with Gasteiger partial charge in [0.15, 0.2) is 5.78 Å². The van der Waals surface area contributed by atoms with Crippen molar-refractivity contribution < 1.29 is 14.3 Å². The van der Waals surface area contributed by atoms with Crippen molar-refractivity contribution in [3.8, 4) is 0 Å². The van der Waals surface area contributed by atoms with Crippen LogP contribution in [0.3, 0.4) is 0 Å². The zero-order chi connectivity index (χ0) is 11.5. The molecule has 0 heterocycles. The highest BCUT2D eigenvalue weighted by molar-refractivity contribution is 5.84. The minimum Gasteiger partial charge on any atom is -0.382 e. The fourth-order valence-electron chi connectivity index (χ4n) is 1.21. The fourth-order valence-corrected chi connectivity index (χ4v) is 1.21. The van der Waals surface area contributed by atoms with E-state index in [0.29, 0.717) is 12.8 Å². The van der Waals surface area contributed by atoms with E-state index in [2.05, 4.69) is 0 Å². The lowest BCUT2D eigenvalue weighted by Crippen LogP contribution is -2.33. The Hall–Kier alpha value is -1.22. The fraction of sp³-hybridized carbons (Fsp3) is 0.417. The summed E-state index contributed by atoms with van der Waals surface area (Å²) in [6.07, 6.45) is 0.917. The summed E-state index contributed by atoms with van der Waals surface area (Å²) in [6.45, 7) is 2.86. The molecule has 1 unspecified atom stereocenters. The molecular weight excluding hydrogens is 195 g/mol. The average Bonchev–Trinajstić information content (AvgIpc) is 2.17. The minimum absolute atomic E-state index is 0.246. The summed E-state index contributed by atoms with van der Waals surface area (Å²) in [7, 11) is 0. The summed E-state index contributed by atoms with van der Waals surface area (Å²) in [6, 6.07) is 6.06. The number of benzene rings is 1. The summed E-state index contributed by atoms with van der Waals surface area (Å²) >= 11 is 0. The van der Waals surface area contributed by atoms with E-state index in [1.54, 1.807) is 12.1 Å². The van der Waals surface area contributed by atoms with Gasteiger partial charge in [-0.2, -0.15) is 0 Å². The number of carbonyl (C=O) groups is 1. The van der Waals surface area contributed by atoms with E-state index in [9.17, 15) is 14.3 Å². The quantitative estimate of drug-likeness (QED) is 0.826. The Morgan fingerprint density at radius 3 is 2.40 bits per heavy atom. The van der Waals surface area contributed by atoms with Crippen molar-refractivity contribution in [3.05, 3.63) is 35.6 Å². The first-order chi connectivity index (χ1) is 6.92. The van der Waals surface area contributed by atoms with Crippen LogP contribution in [0.2, 0.25) is 0 Å². The molecule has 1 atom stereocenters. The molecular formula is C12H15FO2. The molecule has 0 aliphatic carbocycles. The number of aliphatic hydroxyl groups is 1. The Morgan fingerprint density at radius 1 is 1.40 bits per heavy atom. The lowest BCUT2D eigenvalue weighted by atomic mass is 9.93. The van der Waals surface area contributed by atoms with Crippen LogP contribution in [0.4, 0.5) is 4.39 Å². The van der Waals surface area contributed by atoms with Crippen LogP contribution in [-0.2, 0) is 11.2 Å². The molecule has 0 bridgehead atoms. The van der Waals surface area contributed by atoms with E-state index in [4.69, 9.17) is 0 Å². The summed E-state index contributed by atoms with van der Waals surface area (Å²) < 4.78 is 12.6. The lowest BCUT2D eigenvalue weighted by Gasteiger charge is -2.19. The van der Waals surface area contributed by atoms with E-state index in [1.165, 1.54) is 26.0 Å². The van der Waals surface area contributed by atoms with E-state index in [1.807, 2.05) is 0 Å². The number of halogens is 1. The molecule has 2 nitrogen and oxygen atoms in total. The smallest absolute Gasteiger partial charge is 0.160 e. The van der Waals surface area contributed by atoms with Gasteiger partial charge in [-0.25, -0.2) is 4.39 Å². The van der Waals surface area contributed by atoms with Crippen LogP contribution in [0.1, 0.15) is 25.8 Å². The number of aryl methyl sites for hydroxylation is 1. The van der Waals surface area contributed by atoms with Gasteiger partial charge in [0.1, 0.15) is 11.4 Å². The molecule has 0 aliphatic heterocycles. The second-order valence-corrected chi connectivity index (χ2v) is 3.96. The maximum atomic E-state index is 12.6. The molecule has 15 heavy (non-hydrogen) atoms. The first kappa shape index (κ1) is 11.9. The van der Waals surface area contributed by atoms with Crippen molar-refractivity contribution in [2.24, 2.45) is 0 Å². The Kier molecular flexibility index (Phi) is 3.58. The van der Waals surface area contributed by atoms with Crippen LogP contribution in [-0.4, -0.2) is 16.5 Å². The maximum absolute atomic E-state index is 12.6. The van der Waals surface area contributed by atoms with Crippen molar-refractivity contribution in [3.63, 3.8) is 0 Å². The van der Waals surface area contributed by atoms with Crippen molar-refractivity contribution in [2.45, 2.75) is 32.3 Å². The van der Waals surface area contributed by atoms with Crippen molar-refractivity contribution in [1.29, 1.82) is 0 Å². The van der Waals surface area contributed by atoms with Gasteiger partial charge in [0.25, 0.3) is 0 Å². The van der Waals surface area contributed by atoms with E-state index >= 15 is 0 Å². The summed E-state index contributed by atoms with van der Waals surface area (Å²) in [4.78, 5) is 11.0. The van der Waals surface area contributed by atoms with Gasteiger partial charge in [0, 0.05) is 0 Å². The normalized spacial score (nSPS) is 14.7. The average molecular weight is 210 g/mol. The molecule has 0 radical (unpaired) electrons. The minimum atomic E-state index is -1.28. The molecule has 0 saturated heterocycles. The predicted molar refractivity (Wildman–Crippen MR) is 56.0 cm³/mol. The Labute approximate surface area is 88.7 Å². The van der Waals surface area contributed by atoms with Crippen LogP contribution in [0.25, 0.3) is 0 Å². The molecule has 0 amide bonds. The predicted octanol–water partition coefficient (Wildman–Crippen LogP) is 2.10. The summed E-state index contributed by atoms with van der Waals surface area (Å²) in [5.74, 6) is -0.526. The van der Waals surface area contributed by atoms with Crippen molar-refractivity contribution >= 4 is 5.78 Å².